The molecule has 1 heterocycles. The third-order valence-electron chi connectivity index (χ3n) is 4.37. The normalized spacial score (nSPS) is 23.1. The quantitative estimate of drug-likeness (QED) is 0.871. The summed E-state index contributed by atoms with van der Waals surface area (Å²) in [5, 5.41) is 0. The summed E-state index contributed by atoms with van der Waals surface area (Å²) in [4.78, 5) is 15.0. The second-order valence-electron chi connectivity index (χ2n) is 6.41. The largest absolute Gasteiger partial charge is 0.399 e. The van der Waals surface area contributed by atoms with E-state index in [-0.39, 0.29) is 18.1 Å². The lowest BCUT2D eigenvalue weighted by Crippen LogP contribution is -2.55. The molecule has 0 bridgehead atoms. The molecular formula is C17H26N2O2. The lowest BCUT2D eigenvalue weighted by molar-refractivity contribution is -0.149. The molecule has 0 aliphatic carbocycles. The average molecular weight is 290 g/mol. The minimum Gasteiger partial charge on any atom is -0.399 e. The van der Waals surface area contributed by atoms with Crippen LogP contribution in [0.25, 0.3) is 0 Å². The Balaban J connectivity index is 2.25. The predicted octanol–water partition coefficient (Wildman–Crippen LogP) is 2.57. The Morgan fingerprint density at radius 3 is 2.57 bits per heavy atom. The van der Waals surface area contributed by atoms with Crippen LogP contribution in [0.15, 0.2) is 24.3 Å². The molecule has 0 spiro atoms. The van der Waals surface area contributed by atoms with Gasteiger partial charge in [-0.25, -0.2) is 0 Å². The van der Waals surface area contributed by atoms with Crippen molar-refractivity contribution in [3.63, 3.8) is 0 Å². The van der Waals surface area contributed by atoms with Crippen molar-refractivity contribution >= 4 is 11.6 Å². The summed E-state index contributed by atoms with van der Waals surface area (Å²) in [6.45, 7) is 9.36. The molecule has 2 rings (SSSR count). The van der Waals surface area contributed by atoms with Gasteiger partial charge < -0.3 is 15.4 Å². The maximum absolute atomic E-state index is 13.1. The monoisotopic (exact) mass is 290 g/mol. The molecular weight excluding hydrogens is 264 g/mol. The van der Waals surface area contributed by atoms with Crippen LogP contribution < -0.4 is 5.73 Å². The summed E-state index contributed by atoms with van der Waals surface area (Å²) >= 11 is 0. The molecule has 4 heteroatoms. The van der Waals surface area contributed by atoms with E-state index in [4.69, 9.17) is 10.5 Å². The van der Waals surface area contributed by atoms with E-state index in [0.29, 0.717) is 18.8 Å². The number of nitrogens with two attached hydrogens (primary N) is 1. The van der Waals surface area contributed by atoms with Gasteiger partial charge in [0.05, 0.1) is 24.2 Å². The Hall–Kier alpha value is -1.55. The fourth-order valence-electron chi connectivity index (χ4n) is 2.81. The molecule has 1 fully saturated rings. The first kappa shape index (κ1) is 15.8. The third kappa shape index (κ3) is 3.21. The summed E-state index contributed by atoms with van der Waals surface area (Å²) in [6.07, 6.45) is 1.01. The first-order valence-corrected chi connectivity index (χ1v) is 7.65. The maximum Gasteiger partial charge on any atom is 0.233 e. The summed E-state index contributed by atoms with van der Waals surface area (Å²) in [5.41, 5.74) is 6.89. The molecule has 0 aromatic heterocycles. The fraction of sp³-hybridized carbons (Fsp3) is 0.588. The predicted molar refractivity (Wildman–Crippen MR) is 85.1 cm³/mol. The zero-order chi connectivity index (χ0) is 15.6. The maximum atomic E-state index is 13.1. The molecule has 1 aliphatic heterocycles. The van der Waals surface area contributed by atoms with E-state index in [1.807, 2.05) is 49.9 Å². The minimum atomic E-state index is -0.557. The zero-order valence-corrected chi connectivity index (χ0v) is 13.4. The van der Waals surface area contributed by atoms with E-state index >= 15 is 0 Å². The SMILES string of the molecule is CCC1COC(C)CN1C(=O)C(C)(C)c1ccc(N)cc1. The number of hydrogen-bond acceptors (Lipinski definition) is 3. The van der Waals surface area contributed by atoms with Crippen molar-refractivity contribution < 1.29 is 9.53 Å². The smallest absolute Gasteiger partial charge is 0.233 e. The number of nitrogens with zero attached hydrogens (tertiary/aromatic N) is 1. The molecule has 2 unspecified atom stereocenters. The Bertz CT molecular complexity index is 496. The van der Waals surface area contributed by atoms with E-state index < -0.39 is 5.41 Å². The van der Waals surface area contributed by atoms with Crippen molar-refractivity contribution in [2.75, 3.05) is 18.9 Å². The summed E-state index contributed by atoms with van der Waals surface area (Å²) in [5.74, 6) is 0.161. The first-order chi connectivity index (χ1) is 9.86. The molecule has 116 valence electrons. The van der Waals surface area contributed by atoms with E-state index in [9.17, 15) is 4.79 Å². The molecule has 2 N–H and O–H groups in total. The van der Waals surface area contributed by atoms with Gasteiger partial charge in [-0.1, -0.05) is 19.1 Å². The highest BCUT2D eigenvalue weighted by Gasteiger charge is 2.38. The van der Waals surface area contributed by atoms with Gasteiger partial charge in [-0.3, -0.25) is 4.79 Å². The molecule has 0 radical (unpaired) electrons. The van der Waals surface area contributed by atoms with Crippen molar-refractivity contribution in [3.05, 3.63) is 29.8 Å². The lowest BCUT2D eigenvalue weighted by Gasteiger charge is -2.42. The van der Waals surface area contributed by atoms with Gasteiger partial charge in [0, 0.05) is 12.2 Å². The van der Waals surface area contributed by atoms with E-state index in [0.717, 1.165) is 12.0 Å². The van der Waals surface area contributed by atoms with Crippen molar-refractivity contribution in [3.8, 4) is 0 Å². The Kier molecular flexibility index (Phi) is 4.57. The number of ether oxygens (including phenoxy) is 1. The van der Waals surface area contributed by atoms with E-state index in [2.05, 4.69) is 6.92 Å². The van der Waals surface area contributed by atoms with Gasteiger partial charge in [0.2, 0.25) is 5.91 Å². The van der Waals surface area contributed by atoms with E-state index in [1.165, 1.54) is 0 Å². The van der Waals surface area contributed by atoms with Gasteiger partial charge in [0.15, 0.2) is 0 Å². The number of rotatable bonds is 3. The number of benzene rings is 1. The van der Waals surface area contributed by atoms with Crippen LogP contribution in [0, 0.1) is 0 Å². The number of morpholine rings is 1. The van der Waals surface area contributed by atoms with Crippen LogP contribution in [0.4, 0.5) is 5.69 Å². The summed E-state index contributed by atoms with van der Waals surface area (Å²) in [6, 6.07) is 7.75. The number of amides is 1. The number of carbonyl (C=O) groups excluding carboxylic acids is 1. The highest BCUT2D eigenvalue weighted by atomic mass is 16.5. The zero-order valence-electron chi connectivity index (χ0n) is 13.4. The second kappa shape index (κ2) is 6.06. The minimum absolute atomic E-state index is 0.0963. The van der Waals surface area contributed by atoms with Crippen LogP contribution >= 0.6 is 0 Å². The summed E-state index contributed by atoms with van der Waals surface area (Å²) < 4.78 is 5.69. The molecule has 1 saturated heterocycles. The molecule has 1 aliphatic rings. The van der Waals surface area contributed by atoms with Gasteiger partial charge in [-0.15, -0.1) is 0 Å². The first-order valence-electron chi connectivity index (χ1n) is 7.65. The summed E-state index contributed by atoms with van der Waals surface area (Å²) in [7, 11) is 0. The van der Waals surface area contributed by atoms with Crippen LogP contribution in [0.2, 0.25) is 0 Å². The highest BCUT2D eigenvalue weighted by Crippen LogP contribution is 2.29. The Morgan fingerprint density at radius 1 is 1.38 bits per heavy atom. The van der Waals surface area contributed by atoms with Crippen molar-refractivity contribution in [1.82, 2.24) is 4.90 Å². The third-order valence-corrected chi connectivity index (χ3v) is 4.37. The van der Waals surface area contributed by atoms with Crippen molar-refractivity contribution in [2.24, 2.45) is 0 Å². The molecule has 21 heavy (non-hydrogen) atoms. The Morgan fingerprint density at radius 2 is 2.00 bits per heavy atom. The lowest BCUT2D eigenvalue weighted by atomic mass is 9.82. The van der Waals surface area contributed by atoms with Gasteiger partial charge >= 0.3 is 0 Å². The van der Waals surface area contributed by atoms with Crippen LogP contribution in [-0.2, 0) is 14.9 Å². The van der Waals surface area contributed by atoms with Crippen LogP contribution in [-0.4, -0.2) is 36.1 Å². The van der Waals surface area contributed by atoms with Crippen LogP contribution in [0.1, 0.15) is 39.7 Å². The number of nitrogen functional groups attached to an aromatic ring is 1. The van der Waals surface area contributed by atoms with Crippen molar-refractivity contribution in [2.45, 2.75) is 51.7 Å². The number of hydrogen-bond donors (Lipinski definition) is 1. The van der Waals surface area contributed by atoms with Crippen molar-refractivity contribution in [1.29, 1.82) is 0 Å². The molecule has 0 saturated carbocycles. The Labute approximate surface area is 127 Å². The van der Waals surface area contributed by atoms with Crippen LogP contribution in [0.5, 0.6) is 0 Å². The van der Waals surface area contributed by atoms with Gasteiger partial charge in [0.1, 0.15) is 0 Å². The molecule has 4 nitrogen and oxygen atoms in total. The topological polar surface area (TPSA) is 55.6 Å². The average Bonchev–Trinajstić information content (AvgIpc) is 2.46. The number of anilines is 1. The highest BCUT2D eigenvalue weighted by molar-refractivity contribution is 5.88. The standard InChI is InChI=1S/C17H26N2O2/c1-5-15-11-21-12(2)10-19(15)16(20)17(3,4)13-6-8-14(18)9-7-13/h6-9,12,15H,5,10-11,18H2,1-4H3. The molecule has 1 aromatic rings. The fourth-order valence-corrected chi connectivity index (χ4v) is 2.81. The van der Waals surface area contributed by atoms with E-state index in [1.54, 1.807) is 0 Å². The second-order valence-corrected chi connectivity index (χ2v) is 6.41. The van der Waals surface area contributed by atoms with Gasteiger partial charge in [-0.05, 0) is 44.9 Å². The molecule has 1 aromatic carbocycles. The van der Waals surface area contributed by atoms with Gasteiger partial charge in [-0.2, -0.15) is 0 Å². The molecule has 2 atom stereocenters. The molecule has 1 amide bonds. The van der Waals surface area contributed by atoms with Gasteiger partial charge in [0.25, 0.3) is 0 Å². The van der Waals surface area contributed by atoms with Crippen LogP contribution in [0.3, 0.4) is 0 Å². The number of carbonyl (C=O) groups is 1.